The lowest BCUT2D eigenvalue weighted by Gasteiger charge is -2.18. The topological polar surface area (TPSA) is 78.9 Å². The Morgan fingerprint density at radius 2 is 0.493 bits per heavy atom. The minimum Gasteiger partial charge on any atom is -0.462 e. The molecule has 0 rings (SSSR count). The second-order valence-corrected chi connectivity index (χ2v) is 22.4. The molecule has 0 amide bonds. The molecule has 0 aromatic rings. The second-order valence-electron chi connectivity index (χ2n) is 22.4. The van der Waals surface area contributed by atoms with Gasteiger partial charge in [-0.15, -0.1) is 0 Å². The van der Waals surface area contributed by atoms with E-state index in [-0.39, 0.29) is 31.1 Å². The third-order valence-corrected chi connectivity index (χ3v) is 15.0. The summed E-state index contributed by atoms with van der Waals surface area (Å²) in [6.07, 6.45) is 74.7. The Labute approximate surface area is 455 Å². The van der Waals surface area contributed by atoms with Crippen molar-refractivity contribution in [2.24, 2.45) is 0 Å². The summed E-state index contributed by atoms with van der Waals surface area (Å²) in [6, 6.07) is 0. The molecule has 0 radical (unpaired) electrons. The van der Waals surface area contributed by atoms with E-state index in [0.717, 1.165) is 64.2 Å². The Morgan fingerprint density at radius 3 is 0.753 bits per heavy atom. The van der Waals surface area contributed by atoms with Gasteiger partial charge in [0.05, 0.1) is 0 Å². The van der Waals surface area contributed by atoms with Crippen LogP contribution in [0.3, 0.4) is 0 Å². The lowest BCUT2D eigenvalue weighted by atomic mass is 10.0. The first-order chi connectivity index (χ1) is 36.0. The zero-order valence-corrected chi connectivity index (χ0v) is 49.4. The molecule has 0 saturated carbocycles. The van der Waals surface area contributed by atoms with Crippen LogP contribution in [0.25, 0.3) is 0 Å². The van der Waals surface area contributed by atoms with Crippen molar-refractivity contribution < 1.29 is 28.6 Å². The van der Waals surface area contributed by atoms with Crippen LogP contribution in [0.2, 0.25) is 0 Å². The third kappa shape index (κ3) is 60.6. The molecule has 1 atom stereocenters. The van der Waals surface area contributed by atoms with E-state index in [1.54, 1.807) is 0 Å². The largest absolute Gasteiger partial charge is 0.462 e. The number of carbonyl (C=O) groups is 3. The van der Waals surface area contributed by atoms with E-state index in [9.17, 15) is 14.4 Å². The predicted octanol–water partition coefficient (Wildman–Crippen LogP) is 22.2. The highest BCUT2D eigenvalue weighted by molar-refractivity contribution is 5.71. The van der Waals surface area contributed by atoms with Crippen LogP contribution in [-0.2, 0) is 28.6 Å². The van der Waals surface area contributed by atoms with Gasteiger partial charge in [0.15, 0.2) is 6.10 Å². The highest BCUT2D eigenvalue weighted by atomic mass is 16.6. The van der Waals surface area contributed by atoms with Gasteiger partial charge >= 0.3 is 17.9 Å². The molecule has 430 valence electrons. The maximum atomic E-state index is 12.9. The quantitative estimate of drug-likeness (QED) is 0.0261. The van der Waals surface area contributed by atoms with Crippen LogP contribution >= 0.6 is 0 Å². The van der Waals surface area contributed by atoms with Crippen molar-refractivity contribution in [1.82, 2.24) is 0 Å². The predicted molar refractivity (Wildman–Crippen MR) is 316 cm³/mol. The number of ether oxygens (including phenoxy) is 3. The van der Waals surface area contributed by atoms with Crippen molar-refractivity contribution in [2.75, 3.05) is 13.2 Å². The van der Waals surface area contributed by atoms with Crippen molar-refractivity contribution in [3.8, 4) is 0 Å². The Kier molecular flexibility index (Phi) is 60.6. The van der Waals surface area contributed by atoms with Crippen molar-refractivity contribution in [3.63, 3.8) is 0 Å². The van der Waals surface area contributed by atoms with Crippen molar-refractivity contribution in [1.29, 1.82) is 0 Å². The van der Waals surface area contributed by atoms with Crippen LogP contribution in [0.4, 0.5) is 0 Å². The number of esters is 3. The molecule has 0 aromatic carbocycles. The fraction of sp³-hybridized carbons (Fsp3) is 0.896. The number of allylic oxidation sites excluding steroid dienone is 4. The Morgan fingerprint density at radius 1 is 0.274 bits per heavy atom. The second kappa shape index (κ2) is 62.4. The summed E-state index contributed by atoms with van der Waals surface area (Å²) in [7, 11) is 0. The molecule has 0 bridgehead atoms. The molecule has 0 heterocycles. The standard InChI is InChI=1S/C67H126O6/c1-4-7-10-13-16-19-22-25-27-29-30-31-32-33-34-35-36-38-39-42-45-48-51-54-57-60-66(69)72-63-64(62-71-65(68)59-56-53-50-47-44-41-24-21-18-15-12-9-6-3)73-67(70)61-58-55-52-49-46-43-40-37-28-26-23-20-17-14-11-8-5-2/h22,25,29-30,64H,4-21,23-24,26-28,31-63H2,1-3H3/b25-22-,30-29-. The molecule has 0 N–H and O–H groups in total. The maximum absolute atomic E-state index is 12.9. The molecule has 0 aromatic heterocycles. The molecule has 0 fully saturated rings. The molecule has 0 aliphatic carbocycles. The third-order valence-electron chi connectivity index (χ3n) is 15.0. The van der Waals surface area contributed by atoms with Crippen LogP contribution in [-0.4, -0.2) is 37.2 Å². The average Bonchev–Trinajstić information content (AvgIpc) is 3.39. The van der Waals surface area contributed by atoms with E-state index in [2.05, 4.69) is 45.1 Å². The molecule has 0 aliphatic heterocycles. The zero-order valence-electron chi connectivity index (χ0n) is 49.4. The fourth-order valence-corrected chi connectivity index (χ4v) is 10.0. The first-order valence-corrected chi connectivity index (χ1v) is 32.8. The van der Waals surface area contributed by atoms with Crippen molar-refractivity contribution >= 4 is 17.9 Å². The van der Waals surface area contributed by atoms with Gasteiger partial charge < -0.3 is 14.2 Å². The fourth-order valence-electron chi connectivity index (χ4n) is 10.0. The van der Waals surface area contributed by atoms with Gasteiger partial charge in [-0.25, -0.2) is 0 Å². The molecular formula is C67H126O6. The van der Waals surface area contributed by atoms with Gasteiger partial charge in [-0.2, -0.15) is 0 Å². The number of unbranched alkanes of at least 4 members (excludes halogenated alkanes) is 46. The molecule has 73 heavy (non-hydrogen) atoms. The zero-order chi connectivity index (χ0) is 52.9. The van der Waals surface area contributed by atoms with E-state index in [4.69, 9.17) is 14.2 Å². The summed E-state index contributed by atoms with van der Waals surface area (Å²) < 4.78 is 17.0. The van der Waals surface area contributed by atoms with Crippen molar-refractivity contribution in [3.05, 3.63) is 24.3 Å². The Hall–Kier alpha value is -2.11. The van der Waals surface area contributed by atoms with E-state index in [1.165, 1.54) is 263 Å². The van der Waals surface area contributed by atoms with Gasteiger partial charge in [0.2, 0.25) is 0 Å². The molecular weight excluding hydrogens is 901 g/mol. The monoisotopic (exact) mass is 1030 g/mol. The Bertz CT molecular complexity index is 1180. The molecule has 0 aliphatic rings. The van der Waals surface area contributed by atoms with Gasteiger partial charge in [0, 0.05) is 19.3 Å². The number of carbonyl (C=O) groups excluding carboxylic acids is 3. The van der Waals surface area contributed by atoms with Crippen LogP contribution in [0, 0.1) is 0 Å². The lowest BCUT2D eigenvalue weighted by Crippen LogP contribution is -2.30. The Balaban J connectivity index is 4.23. The van der Waals surface area contributed by atoms with Gasteiger partial charge in [0.1, 0.15) is 13.2 Å². The minimum absolute atomic E-state index is 0.0645. The maximum Gasteiger partial charge on any atom is 0.306 e. The molecule has 6 heteroatoms. The summed E-state index contributed by atoms with van der Waals surface area (Å²) in [5, 5.41) is 0. The van der Waals surface area contributed by atoms with Gasteiger partial charge in [0.25, 0.3) is 0 Å². The number of hydrogen-bond acceptors (Lipinski definition) is 6. The van der Waals surface area contributed by atoms with Gasteiger partial charge in [-0.1, -0.05) is 321 Å². The summed E-state index contributed by atoms with van der Waals surface area (Å²) in [4.78, 5) is 38.3. The highest BCUT2D eigenvalue weighted by Crippen LogP contribution is 2.18. The molecule has 0 saturated heterocycles. The van der Waals surface area contributed by atoms with E-state index >= 15 is 0 Å². The number of hydrogen-bond donors (Lipinski definition) is 0. The SMILES string of the molecule is CCCCCCC/C=C\C/C=C\CCCCCCCCCCCCCCCC(=O)OCC(COC(=O)CCCCCCCCCCCCCCC)OC(=O)CCCCCCCCCCCCCCCCCCC. The van der Waals surface area contributed by atoms with Crippen LogP contribution in [0.15, 0.2) is 24.3 Å². The first kappa shape index (κ1) is 70.9. The van der Waals surface area contributed by atoms with Gasteiger partial charge in [-0.05, 0) is 51.4 Å². The summed E-state index contributed by atoms with van der Waals surface area (Å²) in [5.74, 6) is -0.836. The van der Waals surface area contributed by atoms with E-state index < -0.39 is 6.10 Å². The molecule has 6 nitrogen and oxygen atoms in total. The minimum atomic E-state index is -0.766. The van der Waals surface area contributed by atoms with Crippen LogP contribution < -0.4 is 0 Å². The van der Waals surface area contributed by atoms with Gasteiger partial charge in [-0.3, -0.25) is 14.4 Å². The van der Waals surface area contributed by atoms with Crippen LogP contribution in [0.5, 0.6) is 0 Å². The van der Waals surface area contributed by atoms with E-state index in [1.807, 2.05) is 0 Å². The van der Waals surface area contributed by atoms with E-state index in [0.29, 0.717) is 19.3 Å². The molecule has 1 unspecified atom stereocenters. The number of rotatable bonds is 61. The smallest absolute Gasteiger partial charge is 0.306 e. The average molecular weight is 1030 g/mol. The molecule has 0 spiro atoms. The van der Waals surface area contributed by atoms with Crippen molar-refractivity contribution in [2.45, 2.75) is 374 Å². The summed E-state index contributed by atoms with van der Waals surface area (Å²) >= 11 is 0. The summed E-state index contributed by atoms with van der Waals surface area (Å²) in [5.41, 5.74) is 0. The lowest BCUT2D eigenvalue weighted by molar-refractivity contribution is -0.167. The van der Waals surface area contributed by atoms with Crippen LogP contribution in [0.1, 0.15) is 367 Å². The normalized spacial score (nSPS) is 12.1. The first-order valence-electron chi connectivity index (χ1n) is 32.8. The highest BCUT2D eigenvalue weighted by Gasteiger charge is 2.19. The summed E-state index contributed by atoms with van der Waals surface area (Å²) in [6.45, 7) is 6.70.